The van der Waals surface area contributed by atoms with Crippen LogP contribution in [0.15, 0.2) is 48.5 Å². The average molecular weight is 322 g/mol. The van der Waals surface area contributed by atoms with Crippen LogP contribution in [0.4, 0.5) is 5.69 Å². The van der Waals surface area contributed by atoms with Crippen LogP contribution in [-0.2, 0) is 0 Å². The van der Waals surface area contributed by atoms with E-state index in [-0.39, 0.29) is 11.7 Å². The highest BCUT2D eigenvalue weighted by Gasteiger charge is 2.06. The van der Waals surface area contributed by atoms with Gasteiger partial charge in [-0.05, 0) is 52.3 Å². The lowest BCUT2D eigenvalue weighted by molar-refractivity contribution is 0.102. The van der Waals surface area contributed by atoms with Gasteiger partial charge in [0.15, 0.2) is 0 Å². The number of phenols is 1. The number of amides is 1. The molecule has 0 aliphatic carbocycles. The zero-order valence-electron chi connectivity index (χ0n) is 9.97. The SMILES string of the molecule is O=C(Nc1cccc(O)c1)c1ccc(OCBr)cc1. The number of anilines is 1. The summed E-state index contributed by atoms with van der Waals surface area (Å²) in [5.41, 5.74) is 1.47. The summed E-state index contributed by atoms with van der Waals surface area (Å²) in [6.07, 6.45) is 0. The van der Waals surface area contributed by atoms with Gasteiger partial charge in [-0.2, -0.15) is 0 Å². The second-order valence-corrected chi connectivity index (χ2v) is 4.24. The summed E-state index contributed by atoms with van der Waals surface area (Å²) in [4.78, 5) is 12.0. The van der Waals surface area contributed by atoms with Crippen LogP contribution >= 0.6 is 15.9 Å². The summed E-state index contributed by atoms with van der Waals surface area (Å²) in [5.74, 6) is 0.556. The molecule has 0 atom stereocenters. The van der Waals surface area contributed by atoms with Crippen LogP contribution in [0.5, 0.6) is 11.5 Å². The third kappa shape index (κ3) is 3.72. The molecule has 2 aromatic carbocycles. The highest BCUT2D eigenvalue weighted by Crippen LogP contribution is 2.17. The van der Waals surface area contributed by atoms with Gasteiger partial charge in [0.05, 0.1) is 0 Å². The van der Waals surface area contributed by atoms with Gasteiger partial charge in [0.25, 0.3) is 5.91 Å². The van der Waals surface area contributed by atoms with Crippen LogP contribution in [0.2, 0.25) is 0 Å². The summed E-state index contributed by atoms with van der Waals surface area (Å²) in [6, 6.07) is 13.2. The fraction of sp³-hybridized carbons (Fsp3) is 0.0714. The predicted molar refractivity (Wildman–Crippen MR) is 76.9 cm³/mol. The molecule has 19 heavy (non-hydrogen) atoms. The van der Waals surface area contributed by atoms with Gasteiger partial charge in [-0.25, -0.2) is 0 Å². The number of halogens is 1. The van der Waals surface area contributed by atoms with E-state index in [1.165, 1.54) is 6.07 Å². The molecule has 1 amide bonds. The maximum absolute atomic E-state index is 12.0. The van der Waals surface area contributed by atoms with Crippen molar-refractivity contribution in [2.75, 3.05) is 10.8 Å². The fourth-order valence-corrected chi connectivity index (χ4v) is 1.82. The molecule has 0 aliphatic rings. The molecule has 0 heterocycles. The first-order valence-corrected chi connectivity index (χ1v) is 6.70. The van der Waals surface area contributed by atoms with Gasteiger partial charge in [-0.3, -0.25) is 4.79 Å². The van der Waals surface area contributed by atoms with Crippen LogP contribution in [0.1, 0.15) is 10.4 Å². The van der Waals surface area contributed by atoms with E-state index in [0.717, 1.165) is 0 Å². The van der Waals surface area contributed by atoms with Crippen LogP contribution in [0.25, 0.3) is 0 Å². The van der Waals surface area contributed by atoms with Crippen LogP contribution < -0.4 is 10.1 Å². The van der Waals surface area contributed by atoms with Crippen LogP contribution in [0, 0.1) is 0 Å². The van der Waals surface area contributed by atoms with Gasteiger partial charge in [0.2, 0.25) is 0 Å². The van der Waals surface area contributed by atoms with Gasteiger partial charge in [-0.1, -0.05) is 6.07 Å². The van der Waals surface area contributed by atoms with Gasteiger partial charge in [0.1, 0.15) is 17.0 Å². The Labute approximate surface area is 119 Å². The molecule has 98 valence electrons. The first-order chi connectivity index (χ1) is 9.19. The quantitative estimate of drug-likeness (QED) is 0.849. The molecule has 4 nitrogen and oxygen atoms in total. The number of hydrogen-bond acceptors (Lipinski definition) is 3. The smallest absolute Gasteiger partial charge is 0.255 e. The van der Waals surface area contributed by atoms with Crippen molar-refractivity contribution in [2.24, 2.45) is 0 Å². The molecule has 5 heteroatoms. The van der Waals surface area contributed by atoms with E-state index >= 15 is 0 Å². The van der Waals surface area contributed by atoms with Crippen molar-refractivity contribution in [3.63, 3.8) is 0 Å². The molecule has 0 radical (unpaired) electrons. The van der Waals surface area contributed by atoms with Gasteiger partial charge >= 0.3 is 0 Å². The van der Waals surface area contributed by atoms with Crippen LogP contribution in [-0.4, -0.2) is 16.5 Å². The summed E-state index contributed by atoms with van der Waals surface area (Å²) < 4.78 is 5.23. The van der Waals surface area contributed by atoms with E-state index in [1.54, 1.807) is 42.5 Å². The third-order valence-corrected chi connectivity index (χ3v) is 2.67. The van der Waals surface area contributed by atoms with E-state index in [9.17, 15) is 9.90 Å². The summed E-state index contributed by atoms with van der Waals surface area (Å²) in [7, 11) is 0. The highest BCUT2D eigenvalue weighted by molar-refractivity contribution is 9.09. The second-order valence-electron chi connectivity index (χ2n) is 3.78. The number of benzene rings is 2. The van der Waals surface area contributed by atoms with Crippen molar-refractivity contribution in [3.05, 3.63) is 54.1 Å². The first-order valence-electron chi connectivity index (χ1n) is 5.58. The van der Waals surface area contributed by atoms with Crippen molar-refractivity contribution >= 4 is 27.5 Å². The predicted octanol–water partition coefficient (Wildman–Crippen LogP) is 3.38. The maximum Gasteiger partial charge on any atom is 0.255 e. The van der Waals surface area contributed by atoms with E-state index in [0.29, 0.717) is 22.5 Å². The summed E-state index contributed by atoms with van der Waals surface area (Å²) >= 11 is 3.16. The number of alkyl halides is 1. The molecule has 0 bridgehead atoms. The number of rotatable bonds is 4. The Hall–Kier alpha value is -2.01. The Kier molecular flexibility index (Phi) is 4.41. The molecular weight excluding hydrogens is 310 g/mol. The topological polar surface area (TPSA) is 58.6 Å². The molecule has 2 aromatic rings. The summed E-state index contributed by atoms with van der Waals surface area (Å²) in [6.45, 7) is 0. The van der Waals surface area contributed by atoms with Gasteiger partial charge < -0.3 is 15.2 Å². The number of ether oxygens (including phenoxy) is 1. The molecule has 2 rings (SSSR count). The van der Waals surface area contributed by atoms with Crippen molar-refractivity contribution in [3.8, 4) is 11.5 Å². The fourth-order valence-electron chi connectivity index (χ4n) is 1.55. The Balaban J connectivity index is 2.07. The lowest BCUT2D eigenvalue weighted by Crippen LogP contribution is -2.11. The Morgan fingerprint density at radius 1 is 1.21 bits per heavy atom. The number of phenolic OH excluding ortho intramolecular Hbond substituents is 1. The van der Waals surface area contributed by atoms with E-state index in [1.807, 2.05) is 0 Å². The number of hydrogen-bond donors (Lipinski definition) is 2. The van der Waals surface area contributed by atoms with Crippen molar-refractivity contribution in [2.45, 2.75) is 0 Å². The second kappa shape index (κ2) is 6.24. The zero-order valence-corrected chi connectivity index (χ0v) is 11.6. The number of carbonyl (C=O) groups excluding carboxylic acids is 1. The monoisotopic (exact) mass is 321 g/mol. The van der Waals surface area contributed by atoms with Gasteiger partial charge in [-0.15, -0.1) is 0 Å². The third-order valence-electron chi connectivity index (χ3n) is 2.44. The molecule has 0 spiro atoms. The summed E-state index contributed by atoms with van der Waals surface area (Å²) in [5, 5.41) is 12.0. The average Bonchev–Trinajstić information content (AvgIpc) is 2.40. The normalized spacial score (nSPS) is 9.95. The molecule has 0 aromatic heterocycles. The van der Waals surface area contributed by atoms with E-state index in [4.69, 9.17) is 4.74 Å². The molecular formula is C14H12BrNO3. The molecule has 2 N–H and O–H groups in total. The van der Waals surface area contributed by atoms with E-state index in [2.05, 4.69) is 21.2 Å². The van der Waals surface area contributed by atoms with Gasteiger partial charge in [0, 0.05) is 17.3 Å². The van der Waals surface area contributed by atoms with E-state index < -0.39 is 0 Å². The Bertz CT molecular complexity index is 569. The molecule has 0 saturated carbocycles. The maximum atomic E-state index is 12.0. The number of nitrogens with one attached hydrogen (secondary N) is 1. The molecule has 0 fully saturated rings. The minimum atomic E-state index is -0.240. The lowest BCUT2D eigenvalue weighted by Gasteiger charge is -2.06. The molecule has 0 saturated heterocycles. The number of aromatic hydroxyl groups is 1. The Morgan fingerprint density at radius 3 is 2.58 bits per heavy atom. The highest BCUT2D eigenvalue weighted by atomic mass is 79.9. The Morgan fingerprint density at radius 2 is 1.95 bits per heavy atom. The van der Waals surface area contributed by atoms with Crippen molar-refractivity contribution < 1.29 is 14.6 Å². The first kappa shape index (κ1) is 13.4. The lowest BCUT2D eigenvalue weighted by atomic mass is 10.2. The van der Waals surface area contributed by atoms with Crippen molar-refractivity contribution in [1.29, 1.82) is 0 Å². The molecule has 0 aliphatic heterocycles. The largest absolute Gasteiger partial charge is 0.508 e. The van der Waals surface area contributed by atoms with Crippen LogP contribution in [0.3, 0.4) is 0 Å². The minimum absolute atomic E-state index is 0.110. The zero-order chi connectivity index (χ0) is 13.7. The minimum Gasteiger partial charge on any atom is -0.508 e. The molecule has 0 unspecified atom stereocenters. The number of carbonyl (C=O) groups is 1. The standard InChI is InChI=1S/C14H12BrNO3/c15-9-19-13-6-4-10(5-7-13)14(18)16-11-2-1-3-12(17)8-11/h1-8,17H,9H2,(H,16,18). The van der Waals surface area contributed by atoms with Crippen molar-refractivity contribution in [1.82, 2.24) is 0 Å².